The molecule has 3 aromatic rings. The van der Waals surface area contributed by atoms with Crippen LogP contribution in [0.15, 0.2) is 48.5 Å². The van der Waals surface area contributed by atoms with Crippen LogP contribution in [0.4, 0.5) is 0 Å². The quantitative estimate of drug-likeness (QED) is 0.565. The van der Waals surface area contributed by atoms with E-state index in [9.17, 15) is 4.79 Å². The first-order chi connectivity index (χ1) is 15.6. The normalized spacial score (nSPS) is 21.9. The molecular formula is C25H30N4O2S. The smallest absolute Gasteiger partial charge is 0.279 e. The third-order valence-corrected chi connectivity index (χ3v) is 7.66. The van der Waals surface area contributed by atoms with E-state index in [4.69, 9.17) is 10.5 Å². The van der Waals surface area contributed by atoms with Gasteiger partial charge in [0, 0.05) is 19.1 Å². The van der Waals surface area contributed by atoms with E-state index in [1.807, 2.05) is 30.3 Å². The molecule has 2 aliphatic rings. The number of likely N-dealkylation sites (tertiary alicyclic amines) is 1. The summed E-state index contributed by atoms with van der Waals surface area (Å²) < 4.78 is 7.09. The first-order valence-electron chi connectivity index (χ1n) is 11.5. The van der Waals surface area contributed by atoms with Crippen molar-refractivity contribution in [2.45, 2.75) is 38.3 Å². The highest BCUT2D eigenvalue weighted by molar-refractivity contribution is 7.20. The number of aromatic nitrogens is 1. The Kier molecular flexibility index (Phi) is 6.39. The Morgan fingerprint density at radius 3 is 2.56 bits per heavy atom. The van der Waals surface area contributed by atoms with E-state index in [1.54, 1.807) is 11.3 Å². The predicted molar refractivity (Wildman–Crippen MR) is 128 cm³/mol. The molecule has 2 aromatic carbocycles. The molecule has 7 heteroatoms. The van der Waals surface area contributed by atoms with Crippen LogP contribution in [0.1, 0.15) is 31.2 Å². The Morgan fingerprint density at radius 2 is 1.88 bits per heavy atom. The summed E-state index contributed by atoms with van der Waals surface area (Å²) in [6.07, 6.45) is 4.16. The van der Waals surface area contributed by atoms with Crippen LogP contribution < -0.4 is 15.8 Å². The van der Waals surface area contributed by atoms with Crippen molar-refractivity contribution in [2.75, 3.05) is 19.6 Å². The lowest BCUT2D eigenvalue weighted by molar-refractivity contribution is -0.128. The molecule has 1 aliphatic carbocycles. The summed E-state index contributed by atoms with van der Waals surface area (Å²) in [6.45, 7) is 3.85. The summed E-state index contributed by atoms with van der Waals surface area (Å²) >= 11 is 1.56. The van der Waals surface area contributed by atoms with Crippen molar-refractivity contribution < 1.29 is 9.53 Å². The van der Waals surface area contributed by atoms with Gasteiger partial charge < -0.3 is 15.8 Å². The topological polar surface area (TPSA) is 80.5 Å². The number of hydrogen-bond acceptors (Lipinski definition) is 6. The number of piperidine rings is 1. The van der Waals surface area contributed by atoms with Crippen LogP contribution in [0, 0.1) is 11.8 Å². The molecule has 1 amide bonds. The maximum atomic E-state index is 12.2. The standard InChI is InChI=1S/C25H30N4O2S/c26-21-10-9-20(21)24(30)27-15-17-11-13-29(14-12-17)16-18-5-7-19(8-6-18)31-25-28-22-3-1-2-4-23(22)32-25/h1-8,17,20-21H,9-16,26H2,(H,27,30). The number of benzene rings is 2. The zero-order chi connectivity index (χ0) is 21.9. The van der Waals surface area contributed by atoms with Gasteiger partial charge in [-0.2, -0.15) is 0 Å². The van der Waals surface area contributed by atoms with Gasteiger partial charge in [-0.25, -0.2) is 4.98 Å². The summed E-state index contributed by atoms with van der Waals surface area (Å²) in [4.78, 5) is 19.2. The average molecular weight is 451 g/mol. The summed E-state index contributed by atoms with van der Waals surface area (Å²) in [5.74, 6) is 1.57. The molecule has 2 heterocycles. The van der Waals surface area contributed by atoms with E-state index < -0.39 is 0 Å². The molecule has 1 aliphatic heterocycles. The van der Waals surface area contributed by atoms with Crippen molar-refractivity contribution >= 4 is 27.5 Å². The molecule has 2 fully saturated rings. The number of fused-ring (bicyclic) bond motifs is 1. The number of carbonyl (C=O) groups is 1. The van der Waals surface area contributed by atoms with Gasteiger partial charge in [-0.05, 0) is 74.5 Å². The molecule has 1 aromatic heterocycles. The Bertz CT molecular complexity index is 1030. The maximum Gasteiger partial charge on any atom is 0.279 e. The molecule has 5 rings (SSSR count). The van der Waals surface area contributed by atoms with Crippen LogP contribution >= 0.6 is 11.3 Å². The number of nitrogens with zero attached hydrogens (tertiary/aromatic N) is 2. The summed E-state index contributed by atoms with van der Waals surface area (Å²) in [5.41, 5.74) is 8.17. The highest BCUT2D eigenvalue weighted by atomic mass is 32.1. The lowest BCUT2D eigenvalue weighted by Gasteiger charge is -2.34. The zero-order valence-electron chi connectivity index (χ0n) is 18.2. The summed E-state index contributed by atoms with van der Waals surface area (Å²) in [7, 11) is 0. The second kappa shape index (κ2) is 9.57. The minimum atomic E-state index is 0.0386. The Labute approximate surface area is 192 Å². The first kappa shape index (κ1) is 21.4. The third kappa shape index (κ3) is 4.95. The van der Waals surface area contributed by atoms with Gasteiger partial charge in [0.05, 0.1) is 16.1 Å². The van der Waals surface area contributed by atoms with Gasteiger partial charge in [0.1, 0.15) is 5.75 Å². The van der Waals surface area contributed by atoms with E-state index in [0.717, 1.165) is 67.8 Å². The van der Waals surface area contributed by atoms with Gasteiger partial charge in [-0.1, -0.05) is 35.6 Å². The molecule has 2 unspecified atom stereocenters. The van der Waals surface area contributed by atoms with Crippen LogP contribution in [0.25, 0.3) is 10.2 Å². The molecule has 168 valence electrons. The molecule has 1 saturated carbocycles. The fourth-order valence-corrected chi connectivity index (χ4v) is 5.33. The van der Waals surface area contributed by atoms with Crippen LogP contribution in [0.5, 0.6) is 10.9 Å². The lowest BCUT2D eigenvalue weighted by Crippen LogP contribution is -2.49. The van der Waals surface area contributed by atoms with Gasteiger partial charge in [0.15, 0.2) is 0 Å². The van der Waals surface area contributed by atoms with Crippen molar-refractivity contribution in [1.82, 2.24) is 15.2 Å². The Balaban J connectivity index is 1.06. The summed E-state index contributed by atoms with van der Waals surface area (Å²) in [5, 5.41) is 3.80. The minimum absolute atomic E-state index is 0.0386. The van der Waals surface area contributed by atoms with Crippen molar-refractivity contribution in [3.05, 3.63) is 54.1 Å². The van der Waals surface area contributed by atoms with Crippen LogP contribution in [-0.4, -0.2) is 41.5 Å². The SMILES string of the molecule is NC1CCC1C(=O)NCC1CCN(Cc2ccc(Oc3nc4ccccc4s3)cc2)CC1. The fraction of sp³-hybridized carbons (Fsp3) is 0.440. The van der Waals surface area contributed by atoms with Crippen molar-refractivity contribution in [2.24, 2.45) is 17.6 Å². The van der Waals surface area contributed by atoms with Crippen LogP contribution in [0.3, 0.4) is 0 Å². The molecule has 2 atom stereocenters. The molecule has 1 saturated heterocycles. The number of ether oxygens (including phenoxy) is 1. The highest BCUT2D eigenvalue weighted by Crippen LogP contribution is 2.31. The lowest BCUT2D eigenvalue weighted by atomic mass is 9.79. The molecule has 0 spiro atoms. The fourth-order valence-electron chi connectivity index (χ4n) is 4.49. The van der Waals surface area contributed by atoms with Gasteiger partial charge in [0.25, 0.3) is 5.19 Å². The highest BCUT2D eigenvalue weighted by Gasteiger charge is 2.33. The number of thiazole rings is 1. The van der Waals surface area contributed by atoms with E-state index in [1.165, 1.54) is 5.56 Å². The number of nitrogens with one attached hydrogen (secondary N) is 1. The number of para-hydroxylation sites is 1. The second-order valence-electron chi connectivity index (χ2n) is 9.01. The van der Waals surface area contributed by atoms with Crippen LogP contribution in [-0.2, 0) is 11.3 Å². The summed E-state index contributed by atoms with van der Waals surface area (Å²) in [6, 6.07) is 16.5. The maximum absolute atomic E-state index is 12.2. The van der Waals surface area contributed by atoms with Gasteiger partial charge in [-0.3, -0.25) is 9.69 Å². The Morgan fingerprint density at radius 1 is 1.09 bits per heavy atom. The third-order valence-electron chi connectivity index (χ3n) is 6.75. The molecule has 32 heavy (non-hydrogen) atoms. The van der Waals surface area contributed by atoms with E-state index >= 15 is 0 Å². The van der Waals surface area contributed by atoms with Crippen molar-refractivity contribution in [1.29, 1.82) is 0 Å². The number of rotatable bonds is 7. The molecule has 6 nitrogen and oxygen atoms in total. The second-order valence-corrected chi connectivity index (χ2v) is 10.00. The molecular weight excluding hydrogens is 420 g/mol. The molecule has 0 radical (unpaired) electrons. The van der Waals surface area contributed by atoms with Gasteiger partial charge in [-0.15, -0.1) is 0 Å². The number of nitrogens with two attached hydrogens (primary N) is 1. The van der Waals surface area contributed by atoms with Gasteiger partial charge in [0.2, 0.25) is 5.91 Å². The number of hydrogen-bond donors (Lipinski definition) is 2. The average Bonchev–Trinajstić information content (AvgIpc) is 3.21. The Hall–Kier alpha value is -2.48. The largest absolute Gasteiger partial charge is 0.431 e. The molecule has 3 N–H and O–H groups in total. The zero-order valence-corrected chi connectivity index (χ0v) is 19.0. The number of carbonyl (C=O) groups excluding carboxylic acids is 1. The number of amides is 1. The monoisotopic (exact) mass is 450 g/mol. The first-order valence-corrected chi connectivity index (χ1v) is 12.3. The molecule has 0 bridgehead atoms. The van der Waals surface area contributed by atoms with E-state index in [-0.39, 0.29) is 17.9 Å². The van der Waals surface area contributed by atoms with Gasteiger partial charge >= 0.3 is 0 Å². The van der Waals surface area contributed by atoms with Crippen molar-refractivity contribution in [3.8, 4) is 10.9 Å². The van der Waals surface area contributed by atoms with Crippen molar-refractivity contribution in [3.63, 3.8) is 0 Å². The van der Waals surface area contributed by atoms with E-state index in [2.05, 4.69) is 33.4 Å². The van der Waals surface area contributed by atoms with Crippen LogP contribution in [0.2, 0.25) is 0 Å². The minimum Gasteiger partial charge on any atom is -0.431 e. The predicted octanol–water partition coefficient (Wildman–Crippen LogP) is 4.15. The van der Waals surface area contributed by atoms with E-state index in [0.29, 0.717) is 11.1 Å².